The van der Waals surface area contributed by atoms with Crippen molar-refractivity contribution in [3.05, 3.63) is 76.3 Å². The summed E-state index contributed by atoms with van der Waals surface area (Å²) in [5.41, 5.74) is 1.89. The largest absolute Gasteiger partial charge is 0.496 e. The first-order chi connectivity index (χ1) is 14.2. The quantitative estimate of drug-likeness (QED) is 0.427. The molecule has 3 aromatic rings. The molecule has 156 valence electrons. The summed E-state index contributed by atoms with van der Waals surface area (Å²) in [4.78, 5) is 11.7. The minimum Gasteiger partial charge on any atom is -0.496 e. The van der Waals surface area contributed by atoms with E-state index in [1.165, 1.54) is 7.11 Å². The molecule has 6 heteroatoms. The summed E-state index contributed by atoms with van der Waals surface area (Å²) in [7, 11) is 3.12. The fourth-order valence-corrected chi connectivity index (χ4v) is 3.62. The topological polar surface area (TPSA) is 81.8 Å². The maximum Gasteiger partial charge on any atom is 0.280 e. The lowest BCUT2D eigenvalue weighted by Crippen LogP contribution is -2.22. The molecule has 0 spiro atoms. The number of nitrogens with zero attached hydrogens (tertiary/aromatic N) is 1. The third-order valence-corrected chi connectivity index (χ3v) is 4.81. The lowest BCUT2D eigenvalue weighted by atomic mass is 9.89. The first kappa shape index (κ1) is 21.3. The number of methoxy groups -OCH3 is 2. The zero-order valence-corrected chi connectivity index (χ0v) is 17.5. The highest BCUT2D eigenvalue weighted by Crippen LogP contribution is 2.43. The minimum atomic E-state index is -1.12. The van der Waals surface area contributed by atoms with Gasteiger partial charge in [0.05, 0.1) is 30.3 Å². The second-order valence-corrected chi connectivity index (χ2v) is 7.68. The van der Waals surface area contributed by atoms with Gasteiger partial charge in [0.2, 0.25) is 0 Å². The molecule has 0 heterocycles. The van der Waals surface area contributed by atoms with Gasteiger partial charge in [0, 0.05) is 23.1 Å². The third kappa shape index (κ3) is 4.44. The molecule has 0 bridgehead atoms. The van der Waals surface area contributed by atoms with Crippen molar-refractivity contribution in [3.8, 4) is 33.8 Å². The van der Waals surface area contributed by atoms with Crippen molar-refractivity contribution < 1.29 is 19.5 Å². The molecule has 0 aliphatic carbocycles. The molecule has 1 N–H and O–H groups in total. The molecule has 0 unspecified atom stereocenters. The lowest BCUT2D eigenvalue weighted by Gasteiger charge is -2.20. The van der Waals surface area contributed by atoms with Gasteiger partial charge in [-0.3, -0.25) is 10.1 Å². The van der Waals surface area contributed by atoms with E-state index in [1.807, 2.05) is 36.4 Å². The number of rotatable bonds is 7. The van der Waals surface area contributed by atoms with Crippen LogP contribution in [-0.2, 0) is 6.42 Å². The van der Waals surface area contributed by atoms with Crippen molar-refractivity contribution in [2.45, 2.75) is 25.9 Å². The Morgan fingerprint density at radius 1 is 0.900 bits per heavy atom. The zero-order chi connectivity index (χ0) is 21.9. The monoisotopic (exact) mass is 407 g/mol. The molecular formula is C24H25NO5. The van der Waals surface area contributed by atoms with E-state index >= 15 is 0 Å². The van der Waals surface area contributed by atoms with Gasteiger partial charge < -0.3 is 14.6 Å². The van der Waals surface area contributed by atoms with Gasteiger partial charge in [0.25, 0.3) is 5.69 Å². The molecule has 0 aliphatic rings. The van der Waals surface area contributed by atoms with E-state index in [2.05, 4.69) is 0 Å². The van der Waals surface area contributed by atoms with Gasteiger partial charge in [-0.05, 0) is 43.7 Å². The van der Waals surface area contributed by atoms with Crippen molar-refractivity contribution in [3.63, 3.8) is 0 Å². The van der Waals surface area contributed by atoms with Crippen LogP contribution in [0.1, 0.15) is 19.4 Å². The SMILES string of the molecule is COc1ccccc1-c1cc(CC(C)(C)O)c([N+](=O)[O-])c(-c2ccccc2OC)c1. The number of para-hydroxylation sites is 2. The summed E-state index contributed by atoms with van der Waals surface area (Å²) in [6.07, 6.45) is 0.119. The highest BCUT2D eigenvalue weighted by atomic mass is 16.6. The second kappa shape index (κ2) is 8.55. The van der Waals surface area contributed by atoms with E-state index in [1.54, 1.807) is 45.2 Å². The average Bonchev–Trinajstić information content (AvgIpc) is 2.71. The minimum absolute atomic E-state index is 0.0414. The molecule has 0 aliphatic heterocycles. The van der Waals surface area contributed by atoms with Gasteiger partial charge in [-0.1, -0.05) is 36.4 Å². The molecule has 0 saturated heterocycles. The van der Waals surface area contributed by atoms with Gasteiger partial charge in [-0.15, -0.1) is 0 Å². The van der Waals surface area contributed by atoms with Gasteiger partial charge in [-0.25, -0.2) is 0 Å². The van der Waals surface area contributed by atoms with E-state index < -0.39 is 10.5 Å². The van der Waals surface area contributed by atoms with E-state index in [4.69, 9.17) is 9.47 Å². The van der Waals surface area contributed by atoms with E-state index in [0.29, 0.717) is 28.2 Å². The number of hydrogen-bond acceptors (Lipinski definition) is 5. The molecule has 0 atom stereocenters. The third-order valence-electron chi connectivity index (χ3n) is 4.81. The molecule has 6 nitrogen and oxygen atoms in total. The molecule has 30 heavy (non-hydrogen) atoms. The maximum absolute atomic E-state index is 12.1. The summed E-state index contributed by atoms with van der Waals surface area (Å²) >= 11 is 0. The van der Waals surface area contributed by atoms with Crippen LogP contribution in [0.3, 0.4) is 0 Å². The fraction of sp³-hybridized carbons (Fsp3) is 0.250. The summed E-state index contributed by atoms with van der Waals surface area (Å²) in [6, 6.07) is 18.2. The number of nitro groups is 1. The number of ether oxygens (including phenoxy) is 2. The molecule has 3 aromatic carbocycles. The normalized spacial score (nSPS) is 11.2. The van der Waals surface area contributed by atoms with Crippen molar-refractivity contribution in [1.29, 1.82) is 0 Å². The Bertz CT molecular complexity index is 1070. The van der Waals surface area contributed by atoms with E-state index in [0.717, 1.165) is 11.1 Å². The summed E-state index contributed by atoms with van der Waals surface area (Å²) in [5.74, 6) is 1.19. The van der Waals surface area contributed by atoms with Crippen LogP contribution in [0, 0.1) is 10.1 Å². The molecule has 0 amide bonds. The Morgan fingerprint density at radius 2 is 1.43 bits per heavy atom. The molecule has 0 radical (unpaired) electrons. The van der Waals surface area contributed by atoms with Crippen LogP contribution in [0.2, 0.25) is 0 Å². The van der Waals surface area contributed by atoms with E-state index in [-0.39, 0.29) is 12.1 Å². The van der Waals surface area contributed by atoms with Gasteiger partial charge >= 0.3 is 0 Å². The molecule has 3 rings (SSSR count). The van der Waals surface area contributed by atoms with Crippen molar-refractivity contribution in [2.75, 3.05) is 14.2 Å². The Labute approximate surface area is 175 Å². The maximum atomic E-state index is 12.1. The van der Waals surface area contributed by atoms with Crippen LogP contribution in [0.25, 0.3) is 22.3 Å². The number of nitro benzene ring substituents is 1. The van der Waals surface area contributed by atoms with Crippen molar-refractivity contribution in [1.82, 2.24) is 0 Å². The van der Waals surface area contributed by atoms with Crippen LogP contribution < -0.4 is 9.47 Å². The van der Waals surface area contributed by atoms with Crippen molar-refractivity contribution >= 4 is 5.69 Å². The van der Waals surface area contributed by atoms with Crippen LogP contribution >= 0.6 is 0 Å². The molecule has 0 fully saturated rings. The van der Waals surface area contributed by atoms with E-state index in [9.17, 15) is 15.2 Å². The smallest absolute Gasteiger partial charge is 0.280 e. The van der Waals surface area contributed by atoms with Gasteiger partial charge in [0.1, 0.15) is 11.5 Å². The first-order valence-corrected chi connectivity index (χ1v) is 9.55. The summed E-state index contributed by atoms with van der Waals surface area (Å²) < 4.78 is 11.0. The Kier molecular flexibility index (Phi) is 6.08. The Balaban J connectivity index is 2.39. The zero-order valence-electron chi connectivity index (χ0n) is 17.5. The summed E-state index contributed by atoms with van der Waals surface area (Å²) in [5, 5.41) is 22.6. The first-order valence-electron chi connectivity index (χ1n) is 9.55. The average molecular weight is 407 g/mol. The van der Waals surface area contributed by atoms with Crippen LogP contribution in [-0.4, -0.2) is 29.9 Å². The predicted molar refractivity (Wildman–Crippen MR) is 117 cm³/mol. The van der Waals surface area contributed by atoms with Gasteiger partial charge in [0.15, 0.2) is 0 Å². The Morgan fingerprint density at radius 3 is 1.97 bits per heavy atom. The lowest BCUT2D eigenvalue weighted by molar-refractivity contribution is -0.385. The highest BCUT2D eigenvalue weighted by molar-refractivity contribution is 5.86. The number of hydrogen-bond donors (Lipinski definition) is 1. The number of aliphatic hydroxyl groups is 1. The number of benzene rings is 3. The highest BCUT2D eigenvalue weighted by Gasteiger charge is 2.28. The van der Waals surface area contributed by atoms with Crippen LogP contribution in [0.15, 0.2) is 60.7 Å². The van der Waals surface area contributed by atoms with Crippen LogP contribution in [0.5, 0.6) is 11.5 Å². The predicted octanol–water partition coefficient (Wildman–Crippen LogP) is 5.26. The van der Waals surface area contributed by atoms with Gasteiger partial charge in [-0.2, -0.15) is 0 Å². The summed E-state index contributed by atoms with van der Waals surface area (Å²) in [6.45, 7) is 3.27. The molecule has 0 aromatic heterocycles. The van der Waals surface area contributed by atoms with Crippen molar-refractivity contribution in [2.24, 2.45) is 0 Å². The molecule has 0 saturated carbocycles. The Hall–Kier alpha value is -3.38. The van der Waals surface area contributed by atoms with Crippen LogP contribution in [0.4, 0.5) is 5.69 Å². The fourth-order valence-electron chi connectivity index (χ4n) is 3.62. The second-order valence-electron chi connectivity index (χ2n) is 7.68. The molecular weight excluding hydrogens is 382 g/mol. The standard InChI is InChI=1S/C24H25NO5/c1-24(2,26)15-17-13-16(18-9-5-7-11-21(18)29-3)14-20(23(17)25(27)28)19-10-6-8-12-22(19)30-4/h5-14,26H,15H2,1-4H3.